The van der Waals surface area contributed by atoms with Crippen LogP contribution in [0.4, 0.5) is 4.39 Å². The van der Waals surface area contributed by atoms with Crippen LogP contribution in [0, 0.1) is 11.7 Å². The molecule has 1 aromatic heterocycles. The van der Waals surface area contributed by atoms with E-state index in [4.69, 9.17) is 4.52 Å². The minimum absolute atomic E-state index is 0.0530. The molecule has 174 valence electrons. The van der Waals surface area contributed by atoms with E-state index in [0.29, 0.717) is 42.7 Å². The number of halogens is 2. The topological polar surface area (TPSA) is 71.3 Å². The Bertz CT molecular complexity index is 1080. The van der Waals surface area contributed by atoms with E-state index >= 15 is 0 Å². The first-order valence-corrected chi connectivity index (χ1v) is 12.9. The summed E-state index contributed by atoms with van der Waals surface area (Å²) in [6, 6.07) is 14.6. The summed E-state index contributed by atoms with van der Waals surface area (Å²) in [6.45, 7) is 2.68. The van der Waals surface area contributed by atoms with Gasteiger partial charge in [0.15, 0.2) is 0 Å². The number of hydrogen-bond acceptors (Lipinski definition) is 6. The molecule has 1 saturated heterocycles. The van der Waals surface area contributed by atoms with Crippen LogP contribution in [0.15, 0.2) is 57.5 Å². The lowest BCUT2D eigenvalue weighted by Crippen LogP contribution is -2.43. The standard InChI is InChI=1S/C24H26BrFN4O2S/c25-20-8-3-6-17(13-20)23-28-22(32-29-23)15-30-11-4-7-18(14-30)24(31)27-10-12-33-16-19-5-1-2-9-21(19)26/h1-3,5-6,8-9,13,18H,4,7,10-12,14-16H2,(H,27,31). The summed E-state index contributed by atoms with van der Waals surface area (Å²) in [5.74, 6) is 2.31. The Kier molecular flexibility index (Phi) is 8.52. The normalized spacial score (nSPS) is 16.6. The molecule has 9 heteroatoms. The highest BCUT2D eigenvalue weighted by Crippen LogP contribution is 2.22. The van der Waals surface area contributed by atoms with E-state index in [-0.39, 0.29) is 17.6 Å². The van der Waals surface area contributed by atoms with Gasteiger partial charge in [0.25, 0.3) is 0 Å². The maximum absolute atomic E-state index is 13.7. The van der Waals surface area contributed by atoms with Crippen LogP contribution in [0.5, 0.6) is 0 Å². The van der Waals surface area contributed by atoms with Gasteiger partial charge in [-0.25, -0.2) is 4.39 Å². The molecule has 1 amide bonds. The van der Waals surface area contributed by atoms with Crippen molar-refractivity contribution in [2.24, 2.45) is 5.92 Å². The fourth-order valence-corrected chi connectivity index (χ4v) is 5.10. The van der Waals surface area contributed by atoms with Crippen LogP contribution >= 0.6 is 27.7 Å². The van der Waals surface area contributed by atoms with Crippen molar-refractivity contribution in [3.8, 4) is 11.4 Å². The Hall–Kier alpha value is -2.23. The molecule has 0 saturated carbocycles. The number of carbonyl (C=O) groups is 1. The van der Waals surface area contributed by atoms with Gasteiger partial charge in [-0.1, -0.05) is 51.4 Å². The average molecular weight is 533 g/mol. The first-order valence-electron chi connectivity index (χ1n) is 11.0. The van der Waals surface area contributed by atoms with Crippen molar-refractivity contribution in [1.29, 1.82) is 0 Å². The molecule has 4 rings (SSSR count). The molecule has 1 N–H and O–H groups in total. The van der Waals surface area contributed by atoms with E-state index in [9.17, 15) is 9.18 Å². The van der Waals surface area contributed by atoms with E-state index in [1.165, 1.54) is 6.07 Å². The number of aromatic nitrogens is 2. The summed E-state index contributed by atoms with van der Waals surface area (Å²) < 4.78 is 20.1. The summed E-state index contributed by atoms with van der Waals surface area (Å²) in [6.07, 6.45) is 1.82. The number of amides is 1. The van der Waals surface area contributed by atoms with Crippen LogP contribution in [0.2, 0.25) is 0 Å². The molecular weight excluding hydrogens is 507 g/mol. The summed E-state index contributed by atoms with van der Waals surface area (Å²) in [5, 5.41) is 7.13. The summed E-state index contributed by atoms with van der Waals surface area (Å²) >= 11 is 5.07. The minimum Gasteiger partial charge on any atom is -0.355 e. The number of carbonyl (C=O) groups excluding carboxylic acids is 1. The first kappa shape index (κ1) is 23.9. The van der Waals surface area contributed by atoms with E-state index in [2.05, 4.69) is 36.3 Å². The SMILES string of the molecule is O=C(NCCSCc1ccccc1F)C1CCCN(Cc2nc(-c3cccc(Br)c3)no2)C1. The lowest BCUT2D eigenvalue weighted by Gasteiger charge is -2.30. The zero-order valence-electron chi connectivity index (χ0n) is 18.2. The lowest BCUT2D eigenvalue weighted by molar-refractivity contribution is -0.126. The van der Waals surface area contributed by atoms with E-state index in [1.807, 2.05) is 30.3 Å². The van der Waals surface area contributed by atoms with Gasteiger partial charge in [-0.15, -0.1) is 0 Å². The Morgan fingerprint density at radius 3 is 3.00 bits per heavy atom. The van der Waals surface area contributed by atoms with Gasteiger partial charge in [0.2, 0.25) is 17.6 Å². The van der Waals surface area contributed by atoms with Gasteiger partial charge in [0, 0.05) is 34.6 Å². The third-order valence-corrected chi connectivity index (χ3v) is 7.05. The van der Waals surface area contributed by atoms with Gasteiger partial charge >= 0.3 is 0 Å². The Balaban J connectivity index is 1.20. The van der Waals surface area contributed by atoms with E-state index in [0.717, 1.165) is 35.2 Å². The number of nitrogens with zero attached hydrogens (tertiary/aromatic N) is 3. The molecule has 1 fully saturated rings. The zero-order valence-corrected chi connectivity index (χ0v) is 20.6. The Morgan fingerprint density at radius 1 is 1.27 bits per heavy atom. The predicted octanol–water partition coefficient (Wildman–Crippen LogP) is 4.90. The van der Waals surface area contributed by atoms with Crippen molar-refractivity contribution in [3.05, 3.63) is 70.3 Å². The second-order valence-corrected chi connectivity index (χ2v) is 10.1. The van der Waals surface area contributed by atoms with Crippen molar-refractivity contribution < 1.29 is 13.7 Å². The summed E-state index contributed by atoms with van der Waals surface area (Å²) in [4.78, 5) is 19.4. The second kappa shape index (κ2) is 11.8. The molecule has 1 atom stereocenters. The second-order valence-electron chi connectivity index (χ2n) is 8.03. The van der Waals surface area contributed by atoms with Gasteiger partial charge in [-0.05, 0) is 43.1 Å². The average Bonchev–Trinajstić information content (AvgIpc) is 3.28. The van der Waals surface area contributed by atoms with Gasteiger partial charge in [-0.3, -0.25) is 9.69 Å². The zero-order chi connectivity index (χ0) is 23.0. The molecule has 3 aromatic rings. The number of rotatable bonds is 9. The van der Waals surface area contributed by atoms with Crippen molar-refractivity contribution >= 4 is 33.6 Å². The van der Waals surface area contributed by atoms with Gasteiger partial charge < -0.3 is 9.84 Å². The number of benzene rings is 2. The summed E-state index contributed by atoms with van der Waals surface area (Å²) in [5.41, 5.74) is 1.59. The van der Waals surface area contributed by atoms with Crippen LogP contribution in [-0.2, 0) is 17.1 Å². The molecule has 0 bridgehead atoms. The smallest absolute Gasteiger partial charge is 0.241 e. The molecule has 0 aliphatic carbocycles. The first-order chi connectivity index (χ1) is 16.1. The molecule has 0 radical (unpaired) electrons. The highest BCUT2D eigenvalue weighted by atomic mass is 79.9. The molecule has 0 spiro atoms. The van der Waals surface area contributed by atoms with Gasteiger partial charge in [-0.2, -0.15) is 16.7 Å². The van der Waals surface area contributed by atoms with Crippen LogP contribution in [0.25, 0.3) is 11.4 Å². The van der Waals surface area contributed by atoms with Crippen molar-refractivity contribution in [1.82, 2.24) is 20.4 Å². The number of thioether (sulfide) groups is 1. The number of nitrogens with one attached hydrogen (secondary N) is 1. The van der Waals surface area contributed by atoms with Gasteiger partial charge in [0.1, 0.15) is 5.82 Å². The molecule has 2 heterocycles. The fraction of sp³-hybridized carbons (Fsp3) is 0.375. The van der Waals surface area contributed by atoms with Crippen LogP contribution in [0.3, 0.4) is 0 Å². The Labute approximate surface area is 205 Å². The summed E-state index contributed by atoms with van der Waals surface area (Å²) in [7, 11) is 0. The highest BCUT2D eigenvalue weighted by Gasteiger charge is 2.26. The maximum atomic E-state index is 13.7. The molecule has 6 nitrogen and oxygen atoms in total. The molecule has 1 unspecified atom stereocenters. The largest absolute Gasteiger partial charge is 0.355 e. The number of piperidine rings is 1. The van der Waals surface area contributed by atoms with E-state index in [1.54, 1.807) is 23.9 Å². The lowest BCUT2D eigenvalue weighted by atomic mass is 9.97. The minimum atomic E-state index is -0.179. The molecule has 1 aliphatic rings. The van der Waals surface area contributed by atoms with Crippen LogP contribution < -0.4 is 5.32 Å². The third kappa shape index (κ3) is 6.88. The molecule has 2 aromatic carbocycles. The predicted molar refractivity (Wildman–Crippen MR) is 131 cm³/mol. The molecule has 1 aliphatic heterocycles. The van der Waals surface area contributed by atoms with Crippen molar-refractivity contribution in [3.63, 3.8) is 0 Å². The highest BCUT2D eigenvalue weighted by molar-refractivity contribution is 9.10. The maximum Gasteiger partial charge on any atom is 0.241 e. The van der Waals surface area contributed by atoms with Crippen molar-refractivity contribution in [2.45, 2.75) is 25.1 Å². The van der Waals surface area contributed by atoms with E-state index < -0.39 is 0 Å². The molecule has 33 heavy (non-hydrogen) atoms. The molecular formula is C24H26BrFN4O2S. The monoisotopic (exact) mass is 532 g/mol. The van der Waals surface area contributed by atoms with Gasteiger partial charge in [0.05, 0.1) is 12.5 Å². The number of likely N-dealkylation sites (tertiary alicyclic amines) is 1. The van der Waals surface area contributed by atoms with Crippen molar-refractivity contribution in [2.75, 3.05) is 25.4 Å². The number of hydrogen-bond donors (Lipinski definition) is 1. The van der Waals surface area contributed by atoms with Crippen LogP contribution in [0.1, 0.15) is 24.3 Å². The quantitative estimate of drug-likeness (QED) is 0.395. The Morgan fingerprint density at radius 2 is 2.15 bits per heavy atom. The fourth-order valence-electron chi connectivity index (χ4n) is 3.86. The third-order valence-electron chi connectivity index (χ3n) is 5.55. The van der Waals surface area contributed by atoms with Crippen LogP contribution in [-0.4, -0.2) is 46.3 Å².